The molecule has 2 heterocycles. The van der Waals surface area contributed by atoms with Gasteiger partial charge < -0.3 is 9.14 Å². The molecule has 0 N–H and O–H groups in total. The van der Waals surface area contributed by atoms with E-state index >= 15 is 0 Å². The van der Waals surface area contributed by atoms with Crippen LogP contribution in [0, 0.1) is 0 Å². The molecule has 2 rings (SSSR count). The molecular weight excluding hydrogens is 216 g/mol. The fourth-order valence-corrected chi connectivity index (χ4v) is 1.63. The van der Waals surface area contributed by atoms with E-state index in [1.807, 2.05) is 0 Å². The van der Waals surface area contributed by atoms with Gasteiger partial charge in [0.05, 0.1) is 17.7 Å². The second kappa shape index (κ2) is 3.90. The van der Waals surface area contributed by atoms with Crippen molar-refractivity contribution in [1.82, 2.24) is 9.38 Å². The number of esters is 1. The van der Waals surface area contributed by atoms with Gasteiger partial charge in [0, 0.05) is 6.20 Å². The van der Waals surface area contributed by atoms with Crippen LogP contribution in [0.25, 0.3) is 5.52 Å². The third-order valence-corrected chi connectivity index (χ3v) is 2.29. The first kappa shape index (κ1) is 9.98. The fourth-order valence-electron chi connectivity index (χ4n) is 1.39. The predicted molar refractivity (Wildman–Crippen MR) is 56.2 cm³/mol. The summed E-state index contributed by atoms with van der Waals surface area (Å²) in [6, 6.07) is 3.41. The van der Waals surface area contributed by atoms with Crippen molar-refractivity contribution in [2.24, 2.45) is 0 Å². The van der Waals surface area contributed by atoms with Crippen LogP contribution in [0.2, 0.25) is 5.15 Å². The topological polar surface area (TPSA) is 43.6 Å². The molecule has 0 amide bonds. The highest BCUT2D eigenvalue weighted by atomic mass is 35.5. The Bertz CT molecular complexity index is 507. The van der Waals surface area contributed by atoms with E-state index in [1.54, 1.807) is 36.0 Å². The van der Waals surface area contributed by atoms with Gasteiger partial charge in [-0.25, -0.2) is 9.78 Å². The summed E-state index contributed by atoms with van der Waals surface area (Å²) in [6.45, 7) is 2.10. The number of hydrogen-bond donors (Lipinski definition) is 0. The van der Waals surface area contributed by atoms with Crippen LogP contribution >= 0.6 is 11.6 Å². The molecule has 0 aliphatic carbocycles. The van der Waals surface area contributed by atoms with Crippen molar-refractivity contribution in [1.29, 1.82) is 0 Å². The van der Waals surface area contributed by atoms with Gasteiger partial charge >= 0.3 is 5.97 Å². The van der Waals surface area contributed by atoms with Crippen LogP contribution < -0.4 is 0 Å². The van der Waals surface area contributed by atoms with Crippen molar-refractivity contribution < 1.29 is 9.53 Å². The molecule has 2 aromatic rings. The fraction of sp³-hybridized carbons (Fsp3) is 0.200. The number of carbonyl (C=O) groups is 1. The lowest BCUT2D eigenvalue weighted by Crippen LogP contribution is -2.06. The second-order valence-corrected chi connectivity index (χ2v) is 3.29. The highest BCUT2D eigenvalue weighted by molar-refractivity contribution is 6.33. The Kier molecular flexibility index (Phi) is 2.60. The second-order valence-electron chi connectivity index (χ2n) is 2.93. The van der Waals surface area contributed by atoms with Crippen molar-refractivity contribution in [3.05, 3.63) is 35.4 Å². The van der Waals surface area contributed by atoms with E-state index in [0.717, 1.165) is 0 Å². The van der Waals surface area contributed by atoms with E-state index in [0.29, 0.717) is 22.8 Å². The number of aromatic nitrogens is 2. The van der Waals surface area contributed by atoms with Crippen LogP contribution in [0.5, 0.6) is 0 Å². The van der Waals surface area contributed by atoms with Crippen LogP contribution in [-0.2, 0) is 4.74 Å². The van der Waals surface area contributed by atoms with Crippen LogP contribution in [0.1, 0.15) is 17.3 Å². The molecule has 0 bridgehead atoms. The Balaban J connectivity index is 2.59. The Morgan fingerprint density at radius 2 is 2.47 bits per heavy atom. The first-order valence-corrected chi connectivity index (χ1v) is 4.90. The average Bonchev–Trinajstić information content (AvgIpc) is 2.61. The van der Waals surface area contributed by atoms with Crippen LogP contribution in [0.3, 0.4) is 0 Å². The molecule has 0 spiro atoms. The number of carbonyl (C=O) groups excluding carboxylic acids is 1. The van der Waals surface area contributed by atoms with E-state index in [9.17, 15) is 4.79 Å². The molecule has 0 unspecified atom stereocenters. The largest absolute Gasteiger partial charge is 0.462 e. The summed E-state index contributed by atoms with van der Waals surface area (Å²) >= 11 is 5.88. The Hall–Kier alpha value is -1.55. The van der Waals surface area contributed by atoms with E-state index in [-0.39, 0.29) is 5.97 Å². The summed E-state index contributed by atoms with van der Waals surface area (Å²) in [7, 11) is 0. The minimum atomic E-state index is -0.384. The zero-order valence-electron chi connectivity index (χ0n) is 8.11. The monoisotopic (exact) mass is 224 g/mol. The number of rotatable bonds is 2. The Labute approximate surface area is 91.4 Å². The van der Waals surface area contributed by atoms with E-state index in [1.165, 1.54) is 0 Å². The van der Waals surface area contributed by atoms with Gasteiger partial charge in [0.25, 0.3) is 0 Å². The lowest BCUT2D eigenvalue weighted by molar-refractivity contribution is 0.0528. The first-order valence-electron chi connectivity index (χ1n) is 4.52. The van der Waals surface area contributed by atoms with Crippen molar-refractivity contribution in [3.8, 4) is 0 Å². The van der Waals surface area contributed by atoms with Gasteiger partial charge in [-0.1, -0.05) is 11.6 Å². The third kappa shape index (κ3) is 1.68. The molecule has 0 aliphatic heterocycles. The SMILES string of the molecule is CCOC(=O)c1cccn2cnc(Cl)c12. The lowest BCUT2D eigenvalue weighted by atomic mass is 10.2. The maximum Gasteiger partial charge on any atom is 0.340 e. The van der Waals surface area contributed by atoms with Crippen molar-refractivity contribution in [2.75, 3.05) is 6.61 Å². The van der Waals surface area contributed by atoms with E-state index in [4.69, 9.17) is 16.3 Å². The molecule has 15 heavy (non-hydrogen) atoms. The van der Waals surface area contributed by atoms with Gasteiger partial charge in [-0.15, -0.1) is 0 Å². The summed E-state index contributed by atoms with van der Waals surface area (Å²) in [5.41, 5.74) is 1.01. The number of halogens is 1. The highest BCUT2D eigenvalue weighted by Gasteiger charge is 2.14. The maximum atomic E-state index is 11.6. The summed E-state index contributed by atoms with van der Waals surface area (Å²) in [5.74, 6) is -0.384. The van der Waals surface area contributed by atoms with Crippen LogP contribution in [0.15, 0.2) is 24.7 Å². The number of fused-ring (bicyclic) bond motifs is 1. The highest BCUT2D eigenvalue weighted by Crippen LogP contribution is 2.20. The Morgan fingerprint density at radius 1 is 1.67 bits per heavy atom. The number of imidazole rings is 1. The van der Waals surface area contributed by atoms with Gasteiger partial charge in [-0.05, 0) is 19.1 Å². The van der Waals surface area contributed by atoms with Crippen LogP contribution in [-0.4, -0.2) is 22.0 Å². The molecule has 5 heteroatoms. The van der Waals surface area contributed by atoms with E-state index < -0.39 is 0 Å². The predicted octanol–water partition coefficient (Wildman–Crippen LogP) is 2.16. The Morgan fingerprint density at radius 3 is 3.20 bits per heavy atom. The number of hydrogen-bond acceptors (Lipinski definition) is 3. The summed E-state index contributed by atoms with van der Waals surface area (Å²) < 4.78 is 6.61. The van der Waals surface area contributed by atoms with Crippen LogP contribution in [0.4, 0.5) is 0 Å². The molecule has 0 saturated heterocycles. The zero-order chi connectivity index (χ0) is 10.8. The lowest BCUT2D eigenvalue weighted by Gasteiger charge is -2.03. The minimum Gasteiger partial charge on any atom is -0.462 e. The standard InChI is InChI=1S/C10H9ClN2O2/c1-2-15-10(14)7-4-3-5-13-6-12-9(11)8(7)13/h3-6H,2H2,1H3. The maximum absolute atomic E-state index is 11.6. The molecule has 0 fully saturated rings. The summed E-state index contributed by atoms with van der Waals surface area (Å²) in [6.07, 6.45) is 3.33. The van der Waals surface area contributed by atoms with E-state index in [2.05, 4.69) is 4.98 Å². The molecule has 2 aromatic heterocycles. The third-order valence-electron chi connectivity index (χ3n) is 2.01. The molecule has 0 aromatic carbocycles. The molecule has 0 aliphatic rings. The minimum absolute atomic E-state index is 0.304. The molecule has 0 radical (unpaired) electrons. The number of pyridine rings is 1. The van der Waals surface area contributed by atoms with Crippen molar-refractivity contribution in [2.45, 2.75) is 6.92 Å². The van der Waals surface area contributed by atoms with Crippen molar-refractivity contribution >= 4 is 23.1 Å². The normalized spacial score (nSPS) is 10.5. The zero-order valence-corrected chi connectivity index (χ0v) is 8.86. The first-order chi connectivity index (χ1) is 7.24. The molecule has 78 valence electrons. The van der Waals surface area contributed by atoms with Gasteiger partial charge in [0.15, 0.2) is 5.15 Å². The van der Waals surface area contributed by atoms with Gasteiger partial charge in [0.2, 0.25) is 0 Å². The molecule has 0 atom stereocenters. The average molecular weight is 225 g/mol. The van der Waals surface area contributed by atoms with Gasteiger partial charge in [0.1, 0.15) is 6.33 Å². The summed E-state index contributed by atoms with van der Waals surface area (Å²) in [5, 5.41) is 0.304. The summed E-state index contributed by atoms with van der Waals surface area (Å²) in [4.78, 5) is 15.5. The molecule has 0 saturated carbocycles. The quantitative estimate of drug-likeness (QED) is 0.735. The van der Waals surface area contributed by atoms with Gasteiger partial charge in [-0.3, -0.25) is 0 Å². The molecule has 4 nitrogen and oxygen atoms in total. The smallest absolute Gasteiger partial charge is 0.340 e. The number of nitrogens with zero attached hydrogens (tertiary/aromatic N) is 2. The molecular formula is C10H9ClN2O2. The number of ether oxygens (including phenoxy) is 1. The van der Waals surface area contributed by atoms with Gasteiger partial charge in [-0.2, -0.15) is 0 Å². The van der Waals surface area contributed by atoms with Crippen molar-refractivity contribution in [3.63, 3.8) is 0 Å².